The van der Waals surface area contributed by atoms with Crippen molar-refractivity contribution in [3.05, 3.63) is 11.8 Å². The number of carbonyl (C=O) groups excluding carboxylic acids is 1. The van der Waals surface area contributed by atoms with E-state index in [1.54, 1.807) is 0 Å². The minimum Gasteiger partial charge on any atom is -0.481 e. The van der Waals surface area contributed by atoms with Crippen LogP contribution in [0.1, 0.15) is 30.3 Å². The van der Waals surface area contributed by atoms with E-state index in [-0.39, 0.29) is 30.8 Å². The van der Waals surface area contributed by atoms with Crippen molar-refractivity contribution < 1.29 is 24.0 Å². The second-order valence-electron chi connectivity index (χ2n) is 4.75. The van der Waals surface area contributed by atoms with Gasteiger partial charge in [0, 0.05) is 19.5 Å². The highest BCUT2D eigenvalue weighted by molar-refractivity contribution is 5.91. The minimum absolute atomic E-state index is 0.00961. The summed E-state index contributed by atoms with van der Waals surface area (Å²) < 4.78 is 10.5. The van der Waals surface area contributed by atoms with Crippen LogP contribution in [0.2, 0.25) is 0 Å². The van der Waals surface area contributed by atoms with Gasteiger partial charge in [0.15, 0.2) is 12.2 Å². The van der Waals surface area contributed by atoms with E-state index in [1.165, 1.54) is 6.07 Å². The zero-order chi connectivity index (χ0) is 16.7. The molecule has 10 heteroatoms. The topological polar surface area (TPSA) is 138 Å². The molecule has 1 amide bonds. The van der Waals surface area contributed by atoms with E-state index in [0.29, 0.717) is 18.9 Å². The molecule has 1 aromatic heterocycles. The van der Waals surface area contributed by atoms with Gasteiger partial charge in [0.2, 0.25) is 5.76 Å². The molecule has 0 fully saturated rings. The van der Waals surface area contributed by atoms with Crippen molar-refractivity contribution >= 4 is 17.8 Å². The number of ether oxygens (including phenoxy) is 1. The fraction of sp³-hybridized carbons (Fsp3) is 0.538. The number of aromatic nitrogens is 1. The average Bonchev–Trinajstić information content (AvgIpc) is 3.17. The summed E-state index contributed by atoms with van der Waals surface area (Å²) in [7, 11) is 0. The van der Waals surface area contributed by atoms with Gasteiger partial charge in [-0.3, -0.25) is 14.6 Å². The largest absolute Gasteiger partial charge is 0.481 e. The molecule has 0 saturated heterocycles. The quantitative estimate of drug-likeness (QED) is 0.471. The maximum atomic E-state index is 11.7. The Labute approximate surface area is 132 Å². The van der Waals surface area contributed by atoms with Gasteiger partial charge < -0.3 is 30.3 Å². The van der Waals surface area contributed by atoms with Crippen LogP contribution in [0.15, 0.2) is 15.6 Å². The molecule has 10 nitrogen and oxygen atoms in total. The molecular weight excluding hydrogens is 306 g/mol. The van der Waals surface area contributed by atoms with Crippen molar-refractivity contribution in [2.45, 2.75) is 26.0 Å². The zero-order valence-electron chi connectivity index (χ0n) is 12.7. The number of carboxylic acids is 1. The predicted molar refractivity (Wildman–Crippen MR) is 79.2 cm³/mol. The van der Waals surface area contributed by atoms with Crippen LogP contribution >= 0.6 is 0 Å². The number of aliphatic carboxylic acids is 1. The van der Waals surface area contributed by atoms with Crippen molar-refractivity contribution in [1.29, 1.82) is 0 Å². The van der Waals surface area contributed by atoms with Gasteiger partial charge in [0.1, 0.15) is 0 Å². The van der Waals surface area contributed by atoms with Gasteiger partial charge in [0.25, 0.3) is 11.8 Å². The monoisotopic (exact) mass is 325 g/mol. The normalized spacial score (nSPS) is 14.6. The van der Waals surface area contributed by atoms with Crippen molar-refractivity contribution in [1.82, 2.24) is 21.1 Å². The molecule has 1 atom stereocenters. The number of rotatable bonds is 8. The maximum Gasteiger partial charge on any atom is 0.305 e. The highest BCUT2D eigenvalue weighted by Crippen LogP contribution is 2.13. The molecule has 0 radical (unpaired) electrons. The van der Waals surface area contributed by atoms with E-state index in [9.17, 15) is 9.59 Å². The molecule has 1 unspecified atom stereocenters. The first-order chi connectivity index (χ1) is 11.1. The summed E-state index contributed by atoms with van der Waals surface area (Å²) in [6.45, 7) is 3.43. The maximum absolute atomic E-state index is 11.7. The van der Waals surface area contributed by atoms with Crippen LogP contribution in [0.4, 0.5) is 0 Å². The molecule has 126 valence electrons. The van der Waals surface area contributed by atoms with Crippen LogP contribution in [0.5, 0.6) is 5.88 Å². The third-order valence-corrected chi connectivity index (χ3v) is 2.94. The van der Waals surface area contributed by atoms with Gasteiger partial charge in [-0.2, -0.15) is 0 Å². The van der Waals surface area contributed by atoms with Gasteiger partial charge >= 0.3 is 5.97 Å². The van der Waals surface area contributed by atoms with Crippen molar-refractivity contribution in [2.24, 2.45) is 4.99 Å². The molecule has 2 rings (SSSR count). The Morgan fingerprint density at radius 3 is 3.04 bits per heavy atom. The Bertz CT molecular complexity index is 585. The summed E-state index contributed by atoms with van der Waals surface area (Å²) in [4.78, 5) is 26.3. The highest BCUT2D eigenvalue weighted by atomic mass is 16.6. The Kier molecular flexibility index (Phi) is 5.78. The highest BCUT2D eigenvalue weighted by Gasteiger charge is 2.18. The first-order valence-corrected chi connectivity index (χ1v) is 7.26. The number of carboxylic acid groups (broad SMARTS) is 1. The molecule has 1 aromatic rings. The van der Waals surface area contributed by atoms with Crippen LogP contribution in [-0.4, -0.2) is 54.0 Å². The first kappa shape index (κ1) is 16.6. The lowest BCUT2D eigenvalue weighted by Gasteiger charge is -2.17. The van der Waals surface area contributed by atoms with Gasteiger partial charge in [-0.15, -0.1) is 0 Å². The SMILES string of the molecule is CCC(NC1=NCCN1)Oc1cc(C(=O)NCCC(=O)O)on1. The Balaban J connectivity index is 1.84. The second kappa shape index (κ2) is 8.01. The number of nitrogens with one attached hydrogen (secondary N) is 3. The van der Waals surface area contributed by atoms with Gasteiger partial charge in [-0.05, 0) is 5.16 Å². The summed E-state index contributed by atoms with van der Waals surface area (Å²) in [5.41, 5.74) is 0. The number of hydrogen-bond donors (Lipinski definition) is 4. The summed E-state index contributed by atoms with van der Waals surface area (Å²) in [5, 5.41) is 20.7. The molecule has 0 aliphatic carbocycles. The number of guanidine groups is 1. The van der Waals surface area contributed by atoms with E-state index in [2.05, 4.69) is 26.1 Å². The number of aliphatic imine (C=N–C) groups is 1. The third kappa shape index (κ3) is 5.16. The molecule has 0 bridgehead atoms. The number of amides is 1. The molecular formula is C13H19N5O5. The molecule has 1 aliphatic heterocycles. The van der Waals surface area contributed by atoms with Crippen LogP contribution in [0, 0.1) is 0 Å². The van der Waals surface area contributed by atoms with Crippen LogP contribution in [0.25, 0.3) is 0 Å². The fourth-order valence-corrected chi connectivity index (χ4v) is 1.80. The van der Waals surface area contributed by atoms with Gasteiger partial charge in [0.05, 0.1) is 19.0 Å². The summed E-state index contributed by atoms with van der Waals surface area (Å²) in [6.07, 6.45) is 0.112. The zero-order valence-corrected chi connectivity index (χ0v) is 12.7. The molecule has 2 heterocycles. The van der Waals surface area contributed by atoms with E-state index in [0.717, 1.165) is 6.54 Å². The lowest BCUT2D eigenvalue weighted by atomic mass is 10.4. The van der Waals surface area contributed by atoms with E-state index >= 15 is 0 Å². The minimum atomic E-state index is -0.993. The van der Waals surface area contributed by atoms with E-state index in [1.807, 2.05) is 6.92 Å². The van der Waals surface area contributed by atoms with Crippen LogP contribution < -0.4 is 20.7 Å². The van der Waals surface area contributed by atoms with Crippen LogP contribution in [0.3, 0.4) is 0 Å². The third-order valence-electron chi connectivity index (χ3n) is 2.94. The Morgan fingerprint density at radius 2 is 2.39 bits per heavy atom. The standard InChI is InChI=1S/C13H19N5O5/c1-2-9(17-13-15-5-6-16-13)22-10-7-8(23-18-10)12(21)14-4-3-11(19)20/h7,9H,2-6H2,1H3,(H,14,21)(H,19,20)(H2,15,16,17). The number of hydrogen-bond acceptors (Lipinski definition) is 8. The molecule has 0 spiro atoms. The smallest absolute Gasteiger partial charge is 0.305 e. The van der Waals surface area contributed by atoms with Crippen molar-refractivity contribution in [2.75, 3.05) is 19.6 Å². The first-order valence-electron chi connectivity index (χ1n) is 7.26. The van der Waals surface area contributed by atoms with Crippen LogP contribution in [-0.2, 0) is 4.79 Å². The summed E-state index contributed by atoms with van der Waals surface area (Å²) in [6, 6.07) is 1.35. The lowest BCUT2D eigenvalue weighted by molar-refractivity contribution is -0.136. The Morgan fingerprint density at radius 1 is 1.57 bits per heavy atom. The predicted octanol–water partition coefficient (Wildman–Crippen LogP) is -0.457. The van der Waals surface area contributed by atoms with E-state index in [4.69, 9.17) is 14.4 Å². The molecule has 4 N–H and O–H groups in total. The molecule has 1 aliphatic rings. The molecule has 0 aromatic carbocycles. The number of nitrogens with zero attached hydrogens (tertiary/aromatic N) is 2. The van der Waals surface area contributed by atoms with Crippen molar-refractivity contribution in [3.8, 4) is 5.88 Å². The fourth-order valence-electron chi connectivity index (χ4n) is 1.80. The summed E-state index contributed by atoms with van der Waals surface area (Å²) in [5.74, 6) is -0.765. The summed E-state index contributed by atoms with van der Waals surface area (Å²) >= 11 is 0. The van der Waals surface area contributed by atoms with Gasteiger partial charge in [-0.25, -0.2) is 0 Å². The lowest BCUT2D eigenvalue weighted by Crippen LogP contribution is -2.43. The molecule has 23 heavy (non-hydrogen) atoms. The Hall–Kier alpha value is -2.78. The van der Waals surface area contributed by atoms with Crippen molar-refractivity contribution in [3.63, 3.8) is 0 Å². The molecule has 0 saturated carbocycles. The number of carbonyl (C=O) groups is 2. The second-order valence-corrected chi connectivity index (χ2v) is 4.75. The van der Waals surface area contributed by atoms with E-state index < -0.39 is 11.9 Å². The average molecular weight is 325 g/mol. The van der Waals surface area contributed by atoms with Gasteiger partial charge in [-0.1, -0.05) is 6.92 Å².